The van der Waals surface area contributed by atoms with Gasteiger partial charge >= 0.3 is 0 Å². The first-order valence-corrected chi connectivity index (χ1v) is 19.1. The molecule has 21 heteroatoms. The quantitative estimate of drug-likeness (QED) is 0.0803. The van der Waals surface area contributed by atoms with Gasteiger partial charge in [-0.3, -0.25) is 0 Å². The molecule has 6 rings (SSSR count). The minimum Gasteiger partial charge on any atom is -0.493 e. The Balaban J connectivity index is 1.15. The lowest BCUT2D eigenvalue weighted by Gasteiger charge is -2.45. The van der Waals surface area contributed by atoms with Crippen LogP contribution in [-0.2, 0) is 30.1 Å². The molecule has 0 unspecified atom stereocenters. The van der Waals surface area contributed by atoms with Crippen molar-refractivity contribution in [1.82, 2.24) is 0 Å². The maximum Gasteiger partial charge on any atom is 0.229 e. The average Bonchev–Trinajstić information content (AvgIpc) is 3.65. The summed E-state index contributed by atoms with van der Waals surface area (Å²) < 4.78 is 51.6. The summed E-state index contributed by atoms with van der Waals surface area (Å²) in [5.74, 6) is 0.0539. The zero-order valence-corrected chi connectivity index (χ0v) is 32.1. The predicted molar refractivity (Wildman–Crippen MR) is 194 cm³/mol. The molecule has 0 aromatic heterocycles. The second kappa shape index (κ2) is 19.8. The van der Waals surface area contributed by atoms with E-state index in [1.54, 1.807) is 36.4 Å². The van der Waals surface area contributed by atoms with Gasteiger partial charge in [0.25, 0.3) is 0 Å². The molecule has 4 saturated heterocycles. The van der Waals surface area contributed by atoms with Gasteiger partial charge in [0.1, 0.15) is 67.1 Å². The molecular formula is C38H54O21. The lowest BCUT2D eigenvalue weighted by molar-refractivity contribution is -0.357. The van der Waals surface area contributed by atoms with Crippen LogP contribution < -0.4 is 18.9 Å². The zero-order valence-electron chi connectivity index (χ0n) is 32.1. The summed E-state index contributed by atoms with van der Waals surface area (Å²) in [6, 6.07) is 9.82. The van der Waals surface area contributed by atoms with Gasteiger partial charge in [-0.2, -0.15) is 0 Å². The van der Waals surface area contributed by atoms with Gasteiger partial charge < -0.3 is 104 Å². The van der Waals surface area contributed by atoms with E-state index in [4.69, 9.17) is 42.6 Å². The van der Waals surface area contributed by atoms with Crippen molar-refractivity contribution >= 4 is 0 Å². The molecule has 332 valence electrons. The van der Waals surface area contributed by atoms with Crippen molar-refractivity contribution in [3.05, 3.63) is 47.5 Å². The van der Waals surface area contributed by atoms with E-state index in [2.05, 4.69) is 0 Å². The van der Waals surface area contributed by atoms with Crippen LogP contribution in [0.15, 0.2) is 36.4 Å². The SMILES string of the molecule is COc1cc([C@H]2OC[C@H](Cc3ccc(O[C@@H]4O[C@H](CO)[C@@H](O)[C@H](O)[C@H]4O[C@@H]4O[C@H](CO)[C@@H](O)[C@H](O)[C@H]4O)c(OC)c3)[C@@H]2CO)ccc1O[C@@H]1O[C@H](CO)[C@@H](O)[C@H](O)[C@H]1O. The Morgan fingerprint density at radius 2 is 1.05 bits per heavy atom. The Morgan fingerprint density at radius 1 is 0.542 bits per heavy atom. The molecular weight excluding hydrogens is 792 g/mol. The third-order valence-corrected chi connectivity index (χ3v) is 11.2. The summed E-state index contributed by atoms with van der Waals surface area (Å²) >= 11 is 0. The molecule has 4 fully saturated rings. The number of hydrogen-bond acceptors (Lipinski definition) is 21. The van der Waals surface area contributed by atoms with Crippen LogP contribution in [0.2, 0.25) is 0 Å². The topological polar surface area (TPSA) is 326 Å². The first-order chi connectivity index (χ1) is 28.3. The van der Waals surface area contributed by atoms with Gasteiger partial charge in [-0.25, -0.2) is 0 Å². The molecule has 0 bridgehead atoms. The monoisotopic (exact) mass is 846 g/mol. The number of benzene rings is 2. The van der Waals surface area contributed by atoms with Crippen LogP contribution in [0.3, 0.4) is 0 Å². The summed E-state index contributed by atoms with van der Waals surface area (Å²) in [6.07, 6.45) is -23.9. The summed E-state index contributed by atoms with van der Waals surface area (Å²) in [7, 11) is 2.78. The molecule has 0 saturated carbocycles. The van der Waals surface area contributed by atoms with E-state index in [0.29, 0.717) is 12.0 Å². The maximum absolute atomic E-state index is 11.0. The van der Waals surface area contributed by atoms with Gasteiger partial charge in [-0.1, -0.05) is 12.1 Å². The Hall–Kier alpha value is -3.04. The Bertz CT molecular complexity index is 1650. The lowest BCUT2D eigenvalue weighted by Crippen LogP contribution is -2.65. The number of aliphatic hydroxyl groups is 12. The van der Waals surface area contributed by atoms with Crippen LogP contribution in [0.25, 0.3) is 0 Å². The van der Waals surface area contributed by atoms with E-state index in [1.807, 2.05) is 0 Å². The number of ether oxygens (including phenoxy) is 9. The van der Waals surface area contributed by atoms with Gasteiger partial charge in [0.2, 0.25) is 12.6 Å². The molecule has 59 heavy (non-hydrogen) atoms. The van der Waals surface area contributed by atoms with Gasteiger partial charge in [-0.15, -0.1) is 0 Å². The van der Waals surface area contributed by atoms with Crippen molar-refractivity contribution in [3.8, 4) is 23.0 Å². The highest BCUT2D eigenvalue weighted by Gasteiger charge is 2.52. The summed E-state index contributed by atoms with van der Waals surface area (Å²) in [6.45, 7) is -2.07. The Kier molecular flexibility index (Phi) is 15.2. The molecule has 4 heterocycles. The fourth-order valence-corrected chi connectivity index (χ4v) is 7.76. The standard InChI is InChI=1S/C38H54O21/c1-51-21-8-15(3-5-19(21)55-38-35(31(48)28(45)25(13-42)58-38)59-37-33(50)30(47)27(44)24(12-41)57-37)7-17-14-53-34(18(17)10-39)16-4-6-20(22(9-16)52-2)54-36-32(49)29(46)26(43)23(11-40)56-36/h3-6,8-9,17-18,23-50H,7,10-14H2,1-2H3/t17-,18-,23+,24+,25+,26+,27+,28+,29-,30-,31-,32+,33+,34+,35+,36+,37-,38+/m0/s1. The van der Waals surface area contributed by atoms with Crippen LogP contribution in [-0.4, -0.2) is 201 Å². The number of hydrogen-bond donors (Lipinski definition) is 12. The van der Waals surface area contributed by atoms with Crippen molar-refractivity contribution in [2.75, 3.05) is 47.3 Å². The number of aliphatic hydroxyl groups excluding tert-OH is 12. The average molecular weight is 847 g/mol. The molecule has 0 spiro atoms. The second-order valence-corrected chi connectivity index (χ2v) is 14.9. The summed E-state index contributed by atoms with van der Waals surface area (Å²) in [5.41, 5.74) is 1.40. The normalized spacial score (nSPS) is 40.1. The summed E-state index contributed by atoms with van der Waals surface area (Å²) in [4.78, 5) is 0. The highest BCUT2D eigenvalue weighted by molar-refractivity contribution is 5.45. The summed E-state index contributed by atoms with van der Waals surface area (Å²) in [5, 5.41) is 123. The minimum absolute atomic E-state index is 0.0845. The van der Waals surface area contributed by atoms with Crippen LogP contribution >= 0.6 is 0 Å². The largest absolute Gasteiger partial charge is 0.493 e. The van der Waals surface area contributed by atoms with E-state index in [0.717, 1.165) is 5.56 Å². The first-order valence-electron chi connectivity index (χ1n) is 19.1. The van der Waals surface area contributed by atoms with E-state index in [1.165, 1.54) is 14.2 Å². The smallest absolute Gasteiger partial charge is 0.229 e. The van der Waals surface area contributed by atoms with Crippen LogP contribution in [0.5, 0.6) is 23.0 Å². The second-order valence-electron chi connectivity index (χ2n) is 14.9. The highest BCUT2D eigenvalue weighted by atomic mass is 16.8. The molecule has 2 aromatic rings. The first kappa shape index (κ1) is 45.5. The van der Waals surface area contributed by atoms with Crippen molar-refractivity contribution in [1.29, 1.82) is 0 Å². The van der Waals surface area contributed by atoms with Crippen molar-refractivity contribution in [3.63, 3.8) is 0 Å². The van der Waals surface area contributed by atoms with Crippen molar-refractivity contribution < 1.29 is 104 Å². The van der Waals surface area contributed by atoms with Crippen molar-refractivity contribution in [2.24, 2.45) is 11.8 Å². The van der Waals surface area contributed by atoms with E-state index in [9.17, 15) is 61.3 Å². The maximum atomic E-state index is 11.0. The lowest BCUT2D eigenvalue weighted by atomic mass is 9.84. The minimum atomic E-state index is -1.84. The molecule has 21 nitrogen and oxygen atoms in total. The van der Waals surface area contributed by atoms with Gasteiger partial charge in [0.05, 0.1) is 46.8 Å². The fourth-order valence-electron chi connectivity index (χ4n) is 7.76. The zero-order chi connectivity index (χ0) is 42.7. The van der Waals surface area contributed by atoms with Gasteiger partial charge in [-0.05, 0) is 47.7 Å². The van der Waals surface area contributed by atoms with Crippen LogP contribution in [0.4, 0.5) is 0 Å². The molecule has 0 aliphatic carbocycles. The highest BCUT2D eigenvalue weighted by Crippen LogP contribution is 2.44. The van der Waals surface area contributed by atoms with E-state index >= 15 is 0 Å². The molecule has 4 aliphatic heterocycles. The molecule has 0 amide bonds. The fraction of sp³-hybridized carbons (Fsp3) is 0.684. The van der Waals surface area contributed by atoms with Gasteiger partial charge in [0.15, 0.2) is 35.4 Å². The predicted octanol–water partition coefficient (Wildman–Crippen LogP) is -4.58. The Labute approximate surface area is 338 Å². The van der Waals surface area contributed by atoms with Crippen LogP contribution in [0, 0.1) is 11.8 Å². The molecule has 12 N–H and O–H groups in total. The van der Waals surface area contributed by atoms with E-state index in [-0.39, 0.29) is 42.1 Å². The Morgan fingerprint density at radius 3 is 1.63 bits per heavy atom. The third kappa shape index (κ3) is 9.41. The molecule has 18 atom stereocenters. The molecule has 2 aromatic carbocycles. The van der Waals surface area contributed by atoms with Crippen LogP contribution in [0.1, 0.15) is 17.2 Å². The number of methoxy groups -OCH3 is 2. The van der Waals surface area contributed by atoms with Crippen molar-refractivity contribution in [2.45, 2.75) is 105 Å². The number of rotatable bonds is 15. The molecule has 0 radical (unpaired) electrons. The molecule has 4 aliphatic rings. The van der Waals surface area contributed by atoms with E-state index < -0.39 is 124 Å². The van der Waals surface area contributed by atoms with Gasteiger partial charge in [0, 0.05) is 12.5 Å². The third-order valence-electron chi connectivity index (χ3n) is 11.2.